The van der Waals surface area contributed by atoms with Crippen LogP contribution in [0.15, 0.2) is 46.9 Å². The molecule has 0 saturated heterocycles. The van der Waals surface area contributed by atoms with Gasteiger partial charge < -0.3 is 15.0 Å². The van der Waals surface area contributed by atoms with Crippen molar-refractivity contribution in [2.45, 2.75) is 39.3 Å². The van der Waals surface area contributed by atoms with Gasteiger partial charge in [-0.3, -0.25) is 9.59 Å². The predicted molar refractivity (Wildman–Crippen MR) is 124 cm³/mol. The summed E-state index contributed by atoms with van der Waals surface area (Å²) in [6.07, 6.45) is 1.30. The van der Waals surface area contributed by atoms with Gasteiger partial charge in [-0.1, -0.05) is 65.1 Å². The number of carbonyl (C=O) groups excluding carboxylic acids is 2. The quantitative estimate of drug-likeness (QED) is 0.456. The summed E-state index contributed by atoms with van der Waals surface area (Å²) >= 11 is 15.5. The summed E-state index contributed by atoms with van der Waals surface area (Å²) in [5.41, 5.74) is 0.871. The number of rotatable bonds is 10. The molecule has 1 unspecified atom stereocenters. The van der Waals surface area contributed by atoms with Gasteiger partial charge in [-0.2, -0.15) is 0 Å². The number of nitrogens with one attached hydrogen (secondary N) is 1. The highest BCUT2D eigenvalue weighted by molar-refractivity contribution is 9.10. The van der Waals surface area contributed by atoms with Gasteiger partial charge in [0.15, 0.2) is 6.61 Å². The summed E-state index contributed by atoms with van der Waals surface area (Å²) in [7, 11) is 0. The summed E-state index contributed by atoms with van der Waals surface area (Å²) in [5, 5.41) is 3.89. The van der Waals surface area contributed by atoms with Gasteiger partial charge in [-0.05, 0) is 48.7 Å². The van der Waals surface area contributed by atoms with Gasteiger partial charge in [0.1, 0.15) is 11.8 Å². The highest BCUT2D eigenvalue weighted by Crippen LogP contribution is 2.28. The number of amides is 2. The van der Waals surface area contributed by atoms with Crippen LogP contribution < -0.4 is 10.1 Å². The third-order valence-corrected chi connectivity index (χ3v) is 5.49. The van der Waals surface area contributed by atoms with Crippen LogP contribution in [0.2, 0.25) is 10.0 Å². The van der Waals surface area contributed by atoms with Gasteiger partial charge in [0.2, 0.25) is 5.91 Å². The van der Waals surface area contributed by atoms with Crippen molar-refractivity contribution in [1.82, 2.24) is 10.2 Å². The van der Waals surface area contributed by atoms with E-state index in [2.05, 4.69) is 21.2 Å². The molecule has 1 atom stereocenters. The third-order valence-electron chi connectivity index (χ3n) is 4.45. The molecular formula is C22H25BrCl2N2O3. The summed E-state index contributed by atoms with van der Waals surface area (Å²) in [4.78, 5) is 27.3. The van der Waals surface area contributed by atoms with Crippen LogP contribution in [0.3, 0.4) is 0 Å². The number of nitrogens with zero attached hydrogens (tertiary/aromatic N) is 1. The molecule has 162 valence electrons. The molecule has 1 N–H and O–H groups in total. The van der Waals surface area contributed by atoms with E-state index in [1.165, 1.54) is 0 Å². The second-order valence-corrected chi connectivity index (χ2v) is 8.49. The Balaban J connectivity index is 2.20. The summed E-state index contributed by atoms with van der Waals surface area (Å²) in [6.45, 7) is 4.46. The minimum absolute atomic E-state index is 0.177. The Morgan fingerprint density at radius 1 is 1.13 bits per heavy atom. The lowest BCUT2D eigenvalue weighted by molar-refractivity contribution is -0.143. The summed E-state index contributed by atoms with van der Waals surface area (Å²) < 4.78 is 6.46. The van der Waals surface area contributed by atoms with Gasteiger partial charge in [0.05, 0.1) is 5.02 Å². The van der Waals surface area contributed by atoms with Crippen molar-refractivity contribution in [2.75, 3.05) is 13.2 Å². The largest absolute Gasteiger partial charge is 0.482 e. The Hall–Kier alpha value is -1.76. The lowest BCUT2D eigenvalue weighted by Crippen LogP contribution is -2.50. The lowest BCUT2D eigenvalue weighted by Gasteiger charge is -2.30. The Kier molecular flexibility index (Phi) is 9.95. The number of ether oxygens (including phenoxy) is 1. The second kappa shape index (κ2) is 12.2. The fourth-order valence-electron chi connectivity index (χ4n) is 2.89. The van der Waals surface area contributed by atoms with Crippen molar-refractivity contribution in [3.05, 3.63) is 62.5 Å². The molecule has 2 amide bonds. The number of hydrogen-bond donors (Lipinski definition) is 1. The van der Waals surface area contributed by atoms with E-state index >= 15 is 0 Å². The molecule has 2 rings (SSSR count). The maximum absolute atomic E-state index is 13.1. The first-order valence-corrected chi connectivity index (χ1v) is 11.3. The van der Waals surface area contributed by atoms with Crippen molar-refractivity contribution < 1.29 is 14.3 Å². The van der Waals surface area contributed by atoms with E-state index in [9.17, 15) is 9.59 Å². The minimum atomic E-state index is -0.608. The van der Waals surface area contributed by atoms with E-state index in [1.807, 2.05) is 26.0 Å². The van der Waals surface area contributed by atoms with Crippen LogP contribution in [0, 0.1) is 0 Å². The zero-order valence-electron chi connectivity index (χ0n) is 17.0. The van der Waals surface area contributed by atoms with Crippen LogP contribution in [0.5, 0.6) is 5.75 Å². The van der Waals surface area contributed by atoms with E-state index < -0.39 is 6.04 Å². The van der Waals surface area contributed by atoms with Crippen molar-refractivity contribution in [1.29, 1.82) is 0 Å². The fourth-order valence-corrected chi connectivity index (χ4v) is 3.74. The molecule has 0 heterocycles. The molecule has 0 aliphatic rings. The molecule has 5 nitrogen and oxygen atoms in total. The fraction of sp³-hybridized carbons (Fsp3) is 0.364. The van der Waals surface area contributed by atoms with Crippen LogP contribution in [-0.4, -0.2) is 35.9 Å². The number of hydrogen-bond acceptors (Lipinski definition) is 3. The Morgan fingerprint density at radius 3 is 2.43 bits per heavy atom. The molecule has 2 aromatic carbocycles. The van der Waals surface area contributed by atoms with E-state index in [0.29, 0.717) is 28.8 Å². The molecule has 0 fully saturated rings. The first kappa shape index (κ1) is 24.5. The molecule has 2 aromatic rings. The van der Waals surface area contributed by atoms with Crippen LogP contribution in [0.1, 0.15) is 32.3 Å². The van der Waals surface area contributed by atoms with Gasteiger partial charge in [0.25, 0.3) is 5.91 Å². The van der Waals surface area contributed by atoms with Crippen molar-refractivity contribution >= 4 is 50.9 Å². The molecular weight excluding hydrogens is 491 g/mol. The second-order valence-electron chi connectivity index (χ2n) is 6.73. The van der Waals surface area contributed by atoms with Gasteiger partial charge in [-0.25, -0.2) is 0 Å². The van der Waals surface area contributed by atoms with Crippen LogP contribution in [0.25, 0.3) is 0 Å². The monoisotopic (exact) mass is 514 g/mol. The van der Waals surface area contributed by atoms with E-state index in [1.54, 1.807) is 35.2 Å². The van der Waals surface area contributed by atoms with Gasteiger partial charge >= 0.3 is 0 Å². The molecule has 30 heavy (non-hydrogen) atoms. The average Bonchev–Trinajstić information content (AvgIpc) is 2.72. The predicted octanol–water partition coefficient (Wildman–Crippen LogP) is 5.47. The van der Waals surface area contributed by atoms with Gasteiger partial charge in [-0.15, -0.1) is 0 Å². The maximum Gasteiger partial charge on any atom is 0.261 e. The van der Waals surface area contributed by atoms with E-state index in [0.717, 1.165) is 16.5 Å². The molecule has 0 radical (unpaired) electrons. The first-order valence-electron chi connectivity index (χ1n) is 9.75. The zero-order valence-corrected chi connectivity index (χ0v) is 20.1. The van der Waals surface area contributed by atoms with Crippen LogP contribution in [0.4, 0.5) is 0 Å². The van der Waals surface area contributed by atoms with Crippen LogP contribution >= 0.6 is 39.1 Å². The standard InChI is InChI=1S/C22H25BrCl2N2O3/c1-3-11-26-22(29)19(4-2)27(13-15-5-8-17(24)9-6-15)21(28)14-30-20-10-7-16(23)12-18(20)25/h5-10,12,19H,3-4,11,13-14H2,1-2H3,(H,26,29). The number of carbonyl (C=O) groups is 2. The summed E-state index contributed by atoms with van der Waals surface area (Å²) in [6, 6.07) is 11.8. The SMILES string of the molecule is CCCNC(=O)C(CC)N(Cc1ccc(Cl)cc1)C(=O)COc1ccc(Br)cc1Cl. The lowest BCUT2D eigenvalue weighted by atomic mass is 10.1. The Morgan fingerprint density at radius 2 is 1.83 bits per heavy atom. The van der Waals surface area contributed by atoms with Crippen molar-refractivity contribution in [3.63, 3.8) is 0 Å². The topological polar surface area (TPSA) is 58.6 Å². The maximum atomic E-state index is 13.1. The molecule has 0 aliphatic carbocycles. The zero-order chi connectivity index (χ0) is 22.1. The van der Waals surface area contributed by atoms with Crippen LogP contribution in [-0.2, 0) is 16.1 Å². The average molecular weight is 516 g/mol. The minimum Gasteiger partial charge on any atom is -0.482 e. The van der Waals surface area contributed by atoms with E-state index in [-0.39, 0.29) is 25.0 Å². The van der Waals surface area contributed by atoms with Crippen molar-refractivity contribution in [2.24, 2.45) is 0 Å². The normalized spacial score (nSPS) is 11.6. The third kappa shape index (κ3) is 7.18. The molecule has 8 heteroatoms. The first-order chi connectivity index (χ1) is 14.3. The molecule has 0 spiro atoms. The van der Waals surface area contributed by atoms with E-state index in [4.69, 9.17) is 27.9 Å². The highest BCUT2D eigenvalue weighted by Gasteiger charge is 2.28. The van der Waals surface area contributed by atoms with Gasteiger partial charge in [0, 0.05) is 22.6 Å². The van der Waals surface area contributed by atoms with Crippen molar-refractivity contribution in [3.8, 4) is 5.75 Å². The molecule has 0 aromatic heterocycles. The summed E-state index contributed by atoms with van der Waals surface area (Å²) in [5.74, 6) is -0.0751. The molecule has 0 saturated carbocycles. The number of halogens is 3. The highest BCUT2D eigenvalue weighted by atomic mass is 79.9. The Labute approximate surface area is 195 Å². The molecule has 0 bridgehead atoms. The molecule has 0 aliphatic heterocycles. The smallest absolute Gasteiger partial charge is 0.261 e. The number of benzene rings is 2. The Bertz CT molecular complexity index is 862.